The average molecular weight is 537 g/mol. The first-order valence-corrected chi connectivity index (χ1v) is 15.5. The highest BCUT2D eigenvalue weighted by atomic mass is 14.7. The number of hydrogen-bond donors (Lipinski definition) is 0. The lowest BCUT2D eigenvalue weighted by atomic mass is 9.36. The highest BCUT2D eigenvalue weighted by molar-refractivity contribution is 5.88. The second-order valence-corrected chi connectivity index (χ2v) is 15.2. The zero-order valence-electron chi connectivity index (χ0n) is 28.0. The van der Waals surface area contributed by atoms with Gasteiger partial charge in [0.25, 0.3) is 0 Å². The number of hydrogen-bond acceptors (Lipinski definition) is 0. The van der Waals surface area contributed by atoms with E-state index in [4.69, 9.17) is 13.2 Å². The van der Waals surface area contributed by atoms with Gasteiger partial charge in [-0.1, -0.05) is 103 Å². The van der Waals surface area contributed by atoms with Crippen LogP contribution in [-0.2, 0) is 5.41 Å². The quantitative estimate of drug-likeness (QED) is 0.317. The number of fused-ring (bicyclic) bond motifs is 3. The molecule has 0 N–H and O–H groups in total. The summed E-state index contributed by atoms with van der Waals surface area (Å²) in [7, 11) is 0. The summed E-state index contributed by atoms with van der Waals surface area (Å²) in [5.74, 6) is 0.842. The van der Waals surface area contributed by atoms with E-state index in [9.17, 15) is 0 Å². The van der Waals surface area contributed by atoms with E-state index >= 15 is 0 Å². The molecule has 0 heterocycles. The predicted molar refractivity (Wildman–Crippen MR) is 178 cm³/mol. The van der Waals surface area contributed by atoms with Crippen LogP contribution in [0.1, 0.15) is 130 Å². The van der Waals surface area contributed by atoms with Crippen molar-refractivity contribution in [2.75, 3.05) is 0 Å². The molecule has 0 radical (unpaired) electrons. The lowest BCUT2D eigenvalue weighted by molar-refractivity contribution is -0.0261. The topological polar surface area (TPSA) is 0 Å². The Kier molecular flexibility index (Phi) is 7.35. The molecule has 0 heteroatoms. The lowest BCUT2D eigenvalue weighted by Gasteiger charge is -2.67. The first-order chi connectivity index (χ1) is 18.3. The molecule has 1 aromatic rings. The van der Waals surface area contributed by atoms with Gasteiger partial charge in [-0.05, 0) is 128 Å². The van der Waals surface area contributed by atoms with Gasteiger partial charge in [-0.25, -0.2) is 0 Å². The van der Waals surface area contributed by atoms with Crippen molar-refractivity contribution in [1.82, 2.24) is 0 Å². The predicted octanol–water partition coefficient (Wildman–Crippen LogP) is 12.0. The van der Waals surface area contributed by atoms with Crippen LogP contribution in [0.15, 0.2) is 77.5 Å². The highest BCUT2D eigenvalue weighted by Crippen LogP contribution is 2.74. The van der Waals surface area contributed by atoms with E-state index < -0.39 is 0 Å². The fraction of sp³-hybridized carbons (Fsp3) is 0.550. The third-order valence-electron chi connectivity index (χ3n) is 12.7. The number of rotatable bonds is 6. The van der Waals surface area contributed by atoms with Gasteiger partial charge in [-0.3, -0.25) is 0 Å². The van der Waals surface area contributed by atoms with Crippen LogP contribution in [0.25, 0.3) is 5.57 Å². The SMILES string of the molecule is C=C(C)CCCC(C)(C)c1ccc2c(c1C)C(=C)C1=C(C)[C@@]3(C)C(=C)C(C(=C)C)=C(C)C[C@@]3(C)[C@H](C)[C@@]1(C)[C@@H]2C. The Labute approximate surface area is 247 Å². The number of allylic oxidation sites excluding steroid dienone is 8. The summed E-state index contributed by atoms with van der Waals surface area (Å²) in [6.07, 6.45) is 4.51. The molecule has 0 unspecified atom stereocenters. The molecule has 0 saturated heterocycles. The minimum absolute atomic E-state index is 0.00528. The molecule has 0 aromatic heterocycles. The zero-order valence-corrected chi connectivity index (χ0v) is 28.0. The maximum Gasteiger partial charge on any atom is 0.0196 e. The first-order valence-electron chi connectivity index (χ1n) is 15.5. The van der Waals surface area contributed by atoms with Crippen molar-refractivity contribution in [3.8, 4) is 0 Å². The van der Waals surface area contributed by atoms with Crippen molar-refractivity contribution in [3.63, 3.8) is 0 Å². The molecule has 216 valence electrons. The van der Waals surface area contributed by atoms with E-state index in [0.29, 0.717) is 11.8 Å². The second-order valence-electron chi connectivity index (χ2n) is 15.2. The molecular weight excluding hydrogens is 480 g/mol. The Morgan fingerprint density at radius 2 is 1.60 bits per heavy atom. The molecule has 40 heavy (non-hydrogen) atoms. The van der Waals surface area contributed by atoms with Gasteiger partial charge in [0.05, 0.1) is 0 Å². The second kappa shape index (κ2) is 9.61. The monoisotopic (exact) mass is 536 g/mol. The molecule has 0 nitrogen and oxygen atoms in total. The van der Waals surface area contributed by atoms with Crippen LogP contribution in [0.3, 0.4) is 0 Å². The van der Waals surface area contributed by atoms with Gasteiger partial charge in [0.1, 0.15) is 0 Å². The molecule has 0 fully saturated rings. The van der Waals surface area contributed by atoms with Crippen LogP contribution >= 0.6 is 0 Å². The van der Waals surface area contributed by atoms with Gasteiger partial charge in [0.15, 0.2) is 0 Å². The summed E-state index contributed by atoms with van der Waals surface area (Å²) in [5, 5.41) is 0. The standard InChI is InChI=1S/C40H56/c1-23(2)18-17-21-37(12,13)33-20-19-32-28(8)39(15)31(11)38(14)22-25(5)34(24(3)4)29(9)40(38,16)30(10)36(39)27(7)35(32)26(33)6/h19-20,28,31H,1,3,7,9,17-18,21-22H2,2,4-6,8,10-16H3/t28-,31+,38+,39-,40-/m1/s1. The van der Waals surface area contributed by atoms with Gasteiger partial charge in [0, 0.05) is 10.8 Å². The van der Waals surface area contributed by atoms with Gasteiger partial charge in [-0.2, -0.15) is 0 Å². The highest BCUT2D eigenvalue weighted by Gasteiger charge is 2.65. The fourth-order valence-electron chi connectivity index (χ4n) is 9.85. The Balaban J connectivity index is 1.96. The van der Waals surface area contributed by atoms with E-state index in [-0.39, 0.29) is 21.7 Å². The van der Waals surface area contributed by atoms with Crippen molar-refractivity contribution < 1.29 is 0 Å². The number of benzene rings is 1. The van der Waals surface area contributed by atoms with E-state index in [1.807, 2.05) is 0 Å². The first kappa shape index (κ1) is 30.6. The third kappa shape index (κ3) is 3.84. The molecule has 0 amide bonds. The smallest absolute Gasteiger partial charge is 0.0196 e. The largest absolute Gasteiger partial charge is 0.100 e. The Morgan fingerprint density at radius 1 is 1.00 bits per heavy atom. The summed E-state index contributed by atoms with van der Waals surface area (Å²) in [5.41, 5.74) is 16.4. The Hall–Kier alpha value is -2.34. The van der Waals surface area contributed by atoms with Crippen molar-refractivity contribution >= 4 is 5.57 Å². The maximum atomic E-state index is 4.93. The van der Waals surface area contributed by atoms with Gasteiger partial charge in [-0.15, -0.1) is 6.58 Å². The summed E-state index contributed by atoms with van der Waals surface area (Å²) < 4.78 is 0. The Morgan fingerprint density at radius 3 is 2.15 bits per heavy atom. The van der Waals surface area contributed by atoms with Gasteiger partial charge < -0.3 is 0 Å². The molecule has 3 aliphatic rings. The van der Waals surface area contributed by atoms with Crippen LogP contribution in [0.2, 0.25) is 0 Å². The summed E-state index contributed by atoms with van der Waals surface area (Å²) >= 11 is 0. The van der Waals surface area contributed by atoms with Crippen molar-refractivity contribution in [3.05, 3.63) is 99.7 Å². The molecule has 0 spiro atoms. The van der Waals surface area contributed by atoms with Crippen LogP contribution in [-0.4, -0.2) is 0 Å². The normalized spacial score (nSPS) is 32.1. The molecular formula is C40H56. The van der Waals surface area contributed by atoms with E-state index in [1.165, 1.54) is 67.7 Å². The summed E-state index contributed by atoms with van der Waals surface area (Å²) in [6.45, 7) is 47.0. The van der Waals surface area contributed by atoms with E-state index in [0.717, 1.165) is 24.8 Å². The van der Waals surface area contributed by atoms with Gasteiger partial charge >= 0.3 is 0 Å². The molecule has 4 rings (SSSR count). The van der Waals surface area contributed by atoms with Crippen molar-refractivity contribution in [2.45, 2.75) is 120 Å². The summed E-state index contributed by atoms with van der Waals surface area (Å²) in [4.78, 5) is 0. The van der Waals surface area contributed by atoms with E-state index in [1.54, 1.807) is 0 Å². The minimum Gasteiger partial charge on any atom is -0.100 e. The molecule has 5 atom stereocenters. The van der Waals surface area contributed by atoms with Crippen LogP contribution < -0.4 is 0 Å². The fourth-order valence-corrected chi connectivity index (χ4v) is 9.85. The summed E-state index contributed by atoms with van der Waals surface area (Å²) in [6, 6.07) is 4.90. The van der Waals surface area contributed by atoms with Crippen molar-refractivity contribution in [2.24, 2.45) is 22.2 Å². The third-order valence-corrected chi connectivity index (χ3v) is 12.7. The molecule has 0 bridgehead atoms. The molecule has 0 aliphatic heterocycles. The average Bonchev–Trinajstić information content (AvgIpc) is 2.83. The maximum absolute atomic E-state index is 4.93. The Bertz CT molecular complexity index is 1400. The van der Waals surface area contributed by atoms with Crippen LogP contribution in [0.4, 0.5) is 0 Å². The van der Waals surface area contributed by atoms with Crippen molar-refractivity contribution in [1.29, 1.82) is 0 Å². The van der Waals surface area contributed by atoms with Gasteiger partial charge in [0.2, 0.25) is 0 Å². The van der Waals surface area contributed by atoms with E-state index in [2.05, 4.69) is 108 Å². The molecule has 1 aromatic carbocycles. The lowest BCUT2D eigenvalue weighted by Crippen LogP contribution is -2.58. The molecule has 0 saturated carbocycles. The van der Waals surface area contributed by atoms with Crippen LogP contribution in [0, 0.1) is 29.1 Å². The zero-order chi connectivity index (χ0) is 30.3. The minimum atomic E-state index is -0.150. The van der Waals surface area contributed by atoms with Crippen LogP contribution in [0.5, 0.6) is 0 Å². The molecule has 3 aliphatic carbocycles.